The van der Waals surface area contributed by atoms with Gasteiger partial charge in [0.15, 0.2) is 0 Å². The molecule has 0 aliphatic heterocycles. The van der Waals surface area contributed by atoms with Crippen molar-refractivity contribution in [2.75, 3.05) is 6.61 Å². The molecule has 0 amide bonds. The maximum atomic E-state index is 11.3. The topological polar surface area (TPSA) is 70.3 Å². The molecule has 0 aliphatic rings. The van der Waals surface area contributed by atoms with Crippen LogP contribution >= 0.6 is 15.9 Å². The van der Waals surface area contributed by atoms with Gasteiger partial charge in [-0.25, -0.2) is 0 Å². The summed E-state index contributed by atoms with van der Waals surface area (Å²) >= 11 is 3.22. The van der Waals surface area contributed by atoms with Crippen molar-refractivity contribution in [2.24, 2.45) is 0 Å². The Labute approximate surface area is 108 Å². The van der Waals surface area contributed by atoms with Crippen molar-refractivity contribution in [2.45, 2.75) is 18.7 Å². The largest absolute Gasteiger partial charge is 0.506 e. The summed E-state index contributed by atoms with van der Waals surface area (Å²) in [4.78, 5) is 11.3. The smallest absolute Gasteiger partial charge is 0.310 e. The highest BCUT2D eigenvalue weighted by atomic mass is 79.9. The molecule has 1 N–H and O–H groups in total. The fourth-order valence-electron chi connectivity index (χ4n) is 1.43. The monoisotopic (exact) mass is 297 g/mol. The predicted octanol–water partition coefficient (Wildman–Crippen LogP) is 2.26. The Morgan fingerprint density at radius 2 is 2.29 bits per heavy atom. The van der Waals surface area contributed by atoms with Crippen LogP contribution in [0.5, 0.6) is 5.75 Å². The summed E-state index contributed by atoms with van der Waals surface area (Å²) in [6.45, 7) is 2.06. The van der Waals surface area contributed by atoms with Crippen molar-refractivity contribution in [1.82, 2.24) is 0 Å². The Morgan fingerprint density at radius 1 is 1.59 bits per heavy atom. The molecule has 0 heterocycles. The van der Waals surface area contributed by atoms with Crippen LogP contribution in [0.3, 0.4) is 0 Å². The van der Waals surface area contributed by atoms with Gasteiger partial charge in [-0.15, -0.1) is 0 Å². The first kappa shape index (κ1) is 13.5. The molecule has 1 aromatic carbocycles. The number of aromatic hydroxyl groups is 1. The molecule has 1 aromatic rings. The molecule has 0 radical (unpaired) electrons. The van der Waals surface area contributed by atoms with Gasteiger partial charge in [-0.1, -0.05) is 22.0 Å². The summed E-state index contributed by atoms with van der Waals surface area (Å²) in [6, 6.07) is 5.07. The fraction of sp³-hybridized carbons (Fsp3) is 0.333. The highest BCUT2D eigenvalue weighted by Crippen LogP contribution is 2.26. The molecule has 0 atom stereocenters. The highest BCUT2D eigenvalue weighted by molar-refractivity contribution is 9.08. The summed E-state index contributed by atoms with van der Waals surface area (Å²) < 4.78 is 4.83. The number of esters is 1. The van der Waals surface area contributed by atoms with Crippen LogP contribution in [-0.2, 0) is 21.3 Å². The number of hydrogen-bond donors (Lipinski definition) is 1. The second-order valence-corrected chi connectivity index (χ2v) is 3.94. The predicted molar refractivity (Wildman–Crippen MR) is 65.8 cm³/mol. The zero-order chi connectivity index (χ0) is 12.8. The van der Waals surface area contributed by atoms with Crippen molar-refractivity contribution < 1.29 is 14.6 Å². The molecule has 4 nitrogen and oxygen atoms in total. The van der Waals surface area contributed by atoms with Gasteiger partial charge >= 0.3 is 5.97 Å². The number of benzene rings is 1. The average molecular weight is 298 g/mol. The zero-order valence-electron chi connectivity index (χ0n) is 9.36. The normalized spacial score (nSPS) is 9.71. The Bertz CT molecular complexity index is 466. The van der Waals surface area contributed by atoms with Crippen LogP contribution < -0.4 is 0 Å². The molecule has 0 aromatic heterocycles. The molecule has 0 unspecified atom stereocenters. The molecule has 17 heavy (non-hydrogen) atoms. The number of phenolic OH excluding ortho intramolecular Hbond substituents is 1. The van der Waals surface area contributed by atoms with Gasteiger partial charge in [0.25, 0.3) is 0 Å². The second-order valence-electron chi connectivity index (χ2n) is 3.38. The molecule has 0 spiro atoms. The molecule has 90 valence electrons. The summed E-state index contributed by atoms with van der Waals surface area (Å²) in [7, 11) is 0. The lowest BCUT2D eigenvalue weighted by molar-refractivity contribution is -0.142. The highest BCUT2D eigenvalue weighted by Gasteiger charge is 2.11. The molecular formula is C12H12BrNO3. The van der Waals surface area contributed by atoms with Crippen molar-refractivity contribution in [3.63, 3.8) is 0 Å². The third kappa shape index (κ3) is 3.46. The number of alkyl halides is 1. The minimum Gasteiger partial charge on any atom is -0.506 e. The molecule has 0 saturated heterocycles. The summed E-state index contributed by atoms with van der Waals surface area (Å²) in [6.07, 6.45) is 0.1000. The van der Waals surface area contributed by atoms with Crippen LogP contribution in [0.15, 0.2) is 12.1 Å². The summed E-state index contributed by atoms with van der Waals surface area (Å²) in [5.74, 6) is -0.389. The molecule has 0 aliphatic carbocycles. The van der Waals surface area contributed by atoms with Crippen LogP contribution in [0.4, 0.5) is 0 Å². The van der Waals surface area contributed by atoms with E-state index in [1.807, 2.05) is 6.07 Å². The standard InChI is InChI=1S/C12H12BrNO3/c1-2-17-11(15)5-8-3-9(6-13)12(16)10(4-8)7-14/h3-4,16H,2,5-6H2,1H3. The van der Waals surface area contributed by atoms with E-state index in [9.17, 15) is 9.90 Å². The Morgan fingerprint density at radius 3 is 2.82 bits per heavy atom. The third-order valence-corrected chi connectivity index (χ3v) is 2.77. The van der Waals surface area contributed by atoms with Crippen molar-refractivity contribution in [3.05, 3.63) is 28.8 Å². The fourth-order valence-corrected chi connectivity index (χ4v) is 1.86. The molecular weight excluding hydrogens is 286 g/mol. The number of halogens is 1. The van der Waals surface area contributed by atoms with Gasteiger partial charge in [0.1, 0.15) is 11.8 Å². The van der Waals surface area contributed by atoms with E-state index in [1.165, 1.54) is 6.07 Å². The first-order valence-electron chi connectivity index (χ1n) is 5.08. The third-order valence-electron chi connectivity index (χ3n) is 2.17. The van der Waals surface area contributed by atoms with Gasteiger partial charge < -0.3 is 9.84 Å². The van der Waals surface area contributed by atoms with E-state index in [0.717, 1.165) is 0 Å². The van der Waals surface area contributed by atoms with E-state index in [0.29, 0.717) is 23.1 Å². The van der Waals surface area contributed by atoms with Gasteiger partial charge in [0.05, 0.1) is 18.6 Å². The van der Waals surface area contributed by atoms with Crippen LogP contribution in [0.1, 0.15) is 23.6 Å². The van der Waals surface area contributed by atoms with Gasteiger partial charge in [-0.05, 0) is 18.6 Å². The maximum absolute atomic E-state index is 11.3. The molecule has 5 heteroatoms. The Kier molecular flexibility index (Phi) is 4.98. The van der Waals surface area contributed by atoms with Gasteiger partial charge in [0.2, 0.25) is 0 Å². The van der Waals surface area contributed by atoms with Gasteiger partial charge in [-0.2, -0.15) is 5.26 Å². The number of phenols is 1. The van der Waals surface area contributed by atoms with Crippen molar-refractivity contribution in [3.8, 4) is 11.8 Å². The molecule has 0 saturated carbocycles. The number of nitriles is 1. The zero-order valence-corrected chi connectivity index (χ0v) is 11.0. The minimum atomic E-state index is -0.345. The van der Waals surface area contributed by atoms with Crippen LogP contribution in [0.25, 0.3) is 0 Å². The van der Waals surface area contributed by atoms with Gasteiger partial charge in [-0.3, -0.25) is 4.79 Å². The minimum absolute atomic E-state index is 0.0445. The van der Waals surface area contributed by atoms with Crippen molar-refractivity contribution in [1.29, 1.82) is 5.26 Å². The van der Waals surface area contributed by atoms with E-state index >= 15 is 0 Å². The number of carbonyl (C=O) groups is 1. The number of rotatable bonds is 4. The average Bonchev–Trinajstić information content (AvgIpc) is 2.31. The molecule has 0 bridgehead atoms. The van der Waals surface area contributed by atoms with Crippen LogP contribution in [-0.4, -0.2) is 17.7 Å². The van der Waals surface area contributed by atoms with E-state index in [-0.39, 0.29) is 23.7 Å². The maximum Gasteiger partial charge on any atom is 0.310 e. The number of carbonyl (C=O) groups excluding carboxylic acids is 1. The van der Waals surface area contributed by atoms with Crippen LogP contribution in [0, 0.1) is 11.3 Å². The molecule has 1 rings (SSSR count). The Balaban J connectivity index is 3.02. The first-order valence-corrected chi connectivity index (χ1v) is 6.21. The van der Waals surface area contributed by atoms with E-state index in [4.69, 9.17) is 10.00 Å². The summed E-state index contributed by atoms with van der Waals surface area (Å²) in [5, 5.41) is 19.0. The second kappa shape index (κ2) is 6.26. The lowest BCUT2D eigenvalue weighted by atomic mass is 10.0. The quantitative estimate of drug-likeness (QED) is 0.684. The van der Waals surface area contributed by atoms with Crippen molar-refractivity contribution >= 4 is 21.9 Å². The van der Waals surface area contributed by atoms with E-state index < -0.39 is 0 Å². The Hall–Kier alpha value is -1.54. The molecule has 0 fully saturated rings. The first-order chi connectivity index (χ1) is 8.12. The van der Waals surface area contributed by atoms with E-state index in [2.05, 4.69) is 15.9 Å². The lowest BCUT2D eigenvalue weighted by Crippen LogP contribution is -2.08. The number of nitrogens with zero attached hydrogens (tertiary/aromatic N) is 1. The SMILES string of the molecule is CCOC(=O)Cc1cc(C#N)c(O)c(CBr)c1. The lowest BCUT2D eigenvalue weighted by Gasteiger charge is -2.07. The van der Waals surface area contributed by atoms with Crippen LogP contribution in [0.2, 0.25) is 0 Å². The van der Waals surface area contributed by atoms with Gasteiger partial charge in [0, 0.05) is 10.9 Å². The summed E-state index contributed by atoms with van der Waals surface area (Å²) in [5.41, 5.74) is 1.41. The number of ether oxygens (including phenoxy) is 1. The van der Waals surface area contributed by atoms with E-state index in [1.54, 1.807) is 13.0 Å². The number of hydrogen-bond acceptors (Lipinski definition) is 4.